The Kier molecular flexibility index (Phi) is 10.3. The van der Waals surface area contributed by atoms with E-state index in [2.05, 4.69) is 58.6 Å². The highest BCUT2D eigenvalue weighted by molar-refractivity contribution is 14.0. The van der Waals surface area contributed by atoms with E-state index in [9.17, 15) is 0 Å². The Morgan fingerprint density at radius 2 is 1.83 bits per heavy atom. The van der Waals surface area contributed by atoms with E-state index in [-0.39, 0.29) is 24.0 Å². The molecule has 136 valence electrons. The molecule has 1 aliphatic rings. The number of rotatable bonds is 7. The van der Waals surface area contributed by atoms with Crippen LogP contribution in [0.3, 0.4) is 0 Å². The molecular formula is C19H33IN4. The van der Waals surface area contributed by atoms with E-state index >= 15 is 0 Å². The summed E-state index contributed by atoms with van der Waals surface area (Å²) in [5.74, 6) is 1.53. The predicted octanol–water partition coefficient (Wildman–Crippen LogP) is 3.26. The second-order valence-corrected chi connectivity index (χ2v) is 6.54. The normalized spacial score (nSPS) is 16.5. The van der Waals surface area contributed by atoms with Crippen molar-refractivity contribution in [1.29, 1.82) is 0 Å². The van der Waals surface area contributed by atoms with Crippen molar-refractivity contribution in [3.8, 4) is 0 Å². The minimum Gasteiger partial charge on any atom is -0.356 e. The quantitative estimate of drug-likeness (QED) is 0.385. The zero-order valence-electron chi connectivity index (χ0n) is 15.3. The topological polar surface area (TPSA) is 39.7 Å². The highest BCUT2D eigenvalue weighted by atomic mass is 127. The first-order valence-corrected chi connectivity index (χ1v) is 8.96. The van der Waals surface area contributed by atoms with Crippen LogP contribution in [0.1, 0.15) is 37.8 Å². The summed E-state index contributed by atoms with van der Waals surface area (Å²) in [6.45, 7) is 10.0. The summed E-state index contributed by atoms with van der Waals surface area (Å²) in [5.41, 5.74) is 2.75. The Morgan fingerprint density at radius 3 is 2.46 bits per heavy atom. The summed E-state index contributed by atoms with van der Waals surface area (Å²) in [7, 11) is 1.84. The van der Waals surface area contributed by atoms with Gasteiger partial charge in [-0.05, 0) is 49.4 Å². The molecule has 1 heterocycles. The summed E-state index contributed by atoms with van der Waals surface area (Å²) in [5, 5.41) is 6.90. The van der Waals surface area contributed by atoms with E-state index in [0.717, 1.165) is 25.5 Å². The Morgan fingerprint density at radius 1 is 1.17 bits per heavy atom. The maximum absolute atomic E-state index is 4.34. The molecule has 0 saturated carbocycles. The third-order valence-electron chi connectivity index (χ3n) is 4.56. The van der Waals surface area contributed by atoms with Crippen LogP contribution in [0, 0.1) is 5.92 Å². The minimum absolute atomic E-state index is 0. The Bertz CT molecular complexity index is 498. The van der Waals surface area contributed by atoms with Crippen molar-refractivity contribution in [2.75, 3.05) is 33.2 Å². The largest absolute Gasteiger partial charge is 0.356 e. The lowest BCUT2D eigenvalue weighted by Gasteiger charge is -2.21. The molecular weight excluding hydrogens is 411 g/mol. The lowest BCUT2D eigenvalue weighted by Crippen LogP contribution is -2.41. The summed E-state index contributed by atoms with van der Waals surface area (Å²) in [4.78, 5) is 6.91. The van der Waals surface area contributed by atoms with Crippen molar-refractivity contribution >= 4 is 29.9 Å². The van der Waals surface area contributed by atoms with Crippen LogP contribution < -0.4 is 10.6 Å². The van der Waals surface area contributed by atoms with Gasteiger partial charge in [-0.1, -0.05) is 38.1 Å². The number of halogens is 1. The highest BCUT2D eigenvalue weighted by Crippen LogP contribution is 2.10. The fraction of sp³-hybridized carbons (Fsp3) is 0.632. The molecule has 1 unspecified atom stereocenters. The molecule has 1 aromatic rings. The SMILES string of the molecule is CCc1ccccc1CNC(=NC)NCC(C)CN1CCCC1.I. The van der Waals surface area contributed by atoms with E-state index < -0.39 is 0 Å². The molecule has 1 saturated heterocycles. The monoisotopic (exact) mass is 444 g/mol. The van der Waals surface area contributed by atoms with Gasteiger partial charge in [0, 0.05) is 26.7 Å². The van der Waals surface area contributed by atoms with E-state index in [1.807, 2.05) is 7.05 Å². The van der Waals surface area contributed by atoms with Crippen LogP contribution in [-0.2, 0) is 13.0 Å². The second kappa shape index (κ2) is 11.7. The number of aryl methyl sites for hydroxylation is 1. The van der Waals surface area contributed by atoms with E-state index in [0.29, 0.717) is 5.92 Å². The number of guanidine groups is 1. The molecule has 1 atom stereocenters. The van der Waals surface area contributed by atoms with Gasteiger partial charge in [0.25, 0.3) is 0 Å². The Labute approximate surface area is 164 Å². The van der Waals surface area contributed by atoms with Gasteiger partial charge in [-0.3, -0.25) is 4.99 Å². The highest BCUT2D eigenvalue weighted by Gasteiger charge is 2.14. The van der Waals surface area contributed by atoms with E-state index in [1.54, 1.807) is 0 Å². The Hall–Kier alpha value is -0.820. The van der Waals surface area contributed by atoms with Gasteiger partial charge < -0.3 is 15.5 Å². The number of aliphatic imine (C=N–C) groups is 1. The van der Waals surface area contributed by atoms with Crippen molar-refractivity contribution in [1.82, 2.24) is 15.5 Å². The van der Waals surface area contributed by atoms with Gasteiger partial charge in [-0.15, -0.1) is 24.0 Å². The molecule has 0 spiro atoms. The van der Waals surface area contributed by atoms with Crippen molar-refractivity contribution < 1.29 is 0 Å². The van der Waals surface area contributed by atoms with Gasteiger partial charge in [0.1, 0.15) is 0 Å². The molecule has 2 rings (SSSR count). The average molecular weight is 444 g/mol. The fourth-order valence-electron chi connectivity index (χ4n) is 3.22. The zero-order chi connectivity index (χ0) is 16.5. The Balaban J connectivity index is 0.00000288. The standard InChI is InChI=1S/C19H32N4.HI/c1-4-17-9-5-6-10-18(17)14-22-19(20-3)21-13-16(2)15-23-11-7-8-12-23;/h5-6,9-10,16H,4,7-8,11-15H2,1-3H3,(H2,20,21,22);1H. The van der Waals surface area contributed by atoms with E-state index in [1.165, 1.54) is 43.6 Å². The summed E-state index contributed by atoms with van der Waals surface area (Å²) in [6.07, 6.45) is 3.79. The van der Waals surface area contributed by atoms with E-state index in [4.69, 9.17) is 0 Å². The van der Waals surface area contributed by atoms with Gasteiger partial charge in [-0.2, -0.15) is 0 Å². The lowest BCUT2D eigenvalue weighted by molar-refractivity contribution is 0.287. The fourth-order valence-corrected chi connectivity index (χ4v) is 3.22. The number of likely N-dealkylation sites (tertiary alicyclic amines) is 1. The minimum atomic E-state index is 0. The zero-order valence-corrected chi connectivity index (χ0v) is 17.7. The molecule has 0 bridgehead atoms. The van der Waals surface area contributed by atoms with Crippen molar-refractivity contribution in [3.05, 3.63) is 35.4 Å². The molecule has 0 radical (unpaired) electrons. The van der Waals surface area contributed by atoms with Gasteiger partial charge in [0.15, 0.2) is 5.96 Å². The maximum Gasteiger partial charge on any atom is 0.191 e. The van der Waals surface area contributed by atoms with Crippen molar-refractivity contribution in [2.45, 2.75) is 39.7 Å². The number of benzene rings is 1. The van der Waals surface area contributed by atoms with Gasteiger partial charge in [0.2, 0.25) is 0 Å². The van der Waals surface area contributed by atoms with Gasteiger partial charge in [-0.25, -0.2) is 0 Å². The second-order valence-electron chi connectivity index (χ2n) is 6.54. The molecule has 4 nitrogen and oxygen atoms in total. The molecule has 0 aromatic heterocycles. The van der Waals surface area contributed by atoms with Crippen LogP contribution in [0.2, 0.25) is 0 Å². The number of nitrogens with one attached hydrogen (secondary N) is 2. The molecule has 1 aromatic carbocycles. The summed E-state index contributed by atoms with van der Waals surface area (Å²) >= 11 is 0. The predicted molar refractivity (Wildman–Crippen MR) is 114 cm³/mol. The van der Waals surface area contributed by atoms with Crippen molar-refractivity contribution in [2.24, 2.45) is 10.9 Å². The third kappa shape index (κ3) is 6.97. The number of hydrogen-bond acceptors (Lipinski definition) is 2. The molecule has 24 heavy (non-hydrogen) atoms. The van der Waals surface area contributed by atoms with Crippen LogP contribution in [0.15, 0.2) is 29.3 Å². The molecule has 1 fully saturated rings. The molecule has 2 N–H and O–H groups in total. The molecule has 1 aliphatic heterocycles. The van der Waals surface area contributed by atoms with Crippen LogP contribution in [0.4, 0.5) is 0 Å². The molecule has 0 amide bonds. The van der Waals surface area contributed by atoms with Gasteiger partial charge in [0.05, 0.1) is 0 Å². The molecule has 5 heteroatoms. The lowest BCUT2D eigenvalue weighted by atomic mass is 10.1. The number of nitrogens with zero attached hydrogens (tertiary/aromatic N) is 2. The number of hydrogen-bond donors (Lipinski definition) is 2. The maximum atomic E-state index is 4.34. The van der Waals surface area contributed by atoms with Crippen molar-refractivity contribution in [3.63, 3.8) is 0 Å². The first kappa shape index (κ1) is 21.2. The van der Waals surface area contributed by atoms with Crippen LogP contribution in [-0.4, -0.2) is 44.1 Å². The van der Waals surface area contributed by atoms with Crippen LogP contribution in [0.5, 0.6) is 0 Å². The van der Waals surface area contributed by atoms with Gasteiger partial charge >= 0.3 is 0 Å². The average Bonchev–Trinajstić information content (AvgIpc) is 3.08. The first-order valence-electron chi connectivity index (χ1n) is 8.96. The van der Waals surface area contributed by atoms with Crippen LogP contribution >= 0.6 is 24.0 Å². The third-order valence-corrected chi connectivity index (χ3v) is 4.56. The van der Waals surface area contributed by atoms with Crippen LogP contribution in [0.25, 0.3) is 0 Å². The smallest absolute Gasteiger partial charge is 0.191 e. The first-order chi connectivity index (χ1) is 11.2. The summed E-state index contributed by atoms with van der Waals surface area (Å²) in [6, 6.07) is 8.60. The molecule has 0 aliphatic carbocycles. The summed E-state index contributed by atoms with van der Waals surface area (Å²) < 4.78 is 0.